The predicted molar refractivity (Wildman–Crippen MR) is 58.9 cm³/mol. The minimum Gasteiger partial charge on any atom is -0.350 e. The van der Waals surface area contributed by atoms with Crippen LogP contribution in [-0.4, -0.2) is 24.6 Å². The Bertz CT molecular complexity index is 429. The molecule has 0 fully saturated rings. The standard InChI is InChI=1S/C12H12F5NO/c1-8(9-5-3-2-4-6-9)7-18-10(19)11(13,14)12(15,16)17/h2-6,8H,7H2,1H3,(H,18,19). The van der Waals surface area contributed by atoms with Crippen LogP contribution in [0.4, 0.5) is 22.0 Å². The molecule has 1 atom stereocenters. The molecule has 1 aromatic carbocycles. The molecule has 1 N–H and O–H groups in total. The molecule has 0 aliphatic carbocycles. The lowest BCUT2D eigenvalue weighted by Crippen LogP contribution is -2.51. The normalized spacial score (nSPS) is 14.0. The molecule has 0 aliphatic heterocycles. The number of alkyl halides is 5. The summed E-state index contributed by atoms with van der Waals surface area (Å²) >= 11 is 0. The first-order valence-electron chi connectivity index (χ1n) is 5.44. The molecule has 0 saturated carbocycles. The van der Waals surface area contributed by atoms with Crippen LogP contribution in [0.1, 0.15) is 18.4 Å². The molecular weight excluding hydrogens is 269 g/mol. The van der Waals surface area contributed by atoms with Gasteiger partial charge in [0.1, 0.15) is 0 Å². The number of carbonyl (C=O) groups excluding carboxylic acids is 1. The van der Waals surface area contributed by atoms with Crippen molar-refractivity contribution in [1.82, 2.24) is 5.32 Å². The summed E-state index contributed by atoms with van der Waals surface area (Å²) in [6, 6.07) is 8.54. The van der Waals surface area contributed by atoms with Gasteiger partial charge in [-0.15, -0.1) is 0 Å². The van der Waals surface area contributed by atoms with Crippen LogP contribution in [0.15, 0.2) is 30.3 Å². The second-order valence-electron chi connectivity index (χ2n) is 4.09. The van der Waals surface area contributed by atoms with Gasteiger partial charge in [-0.25, -0.2) is 0 Å². The Hall–Kier alpha value is -1.66. The average molecular weight is 281 g/mol. The molecule has 1 aromatic rings. The fourth-order valence-corrected chi connectivity index (χ4v) is 1.38. The van der Waals surface area contributed by atoms with Crippen LogP contribution < -0.4 is 5.32 Å². The first-order valence-corrected chi connectivity index (χ1v) is 5.44. The van der Waals surface area contributed by atoms with Crippen LogP contribution in [0, 0.1) is 0 Å². The zero-order valence-corrected chi connectivity index (χ0v) is 9.97. The number of hydrogen-bond acceptors (Lipinski definition) is 1. The average Bonchev–Trinajstić information content (AvgIpc) is 2.35. The molecule has 7 heteroatoms. The van der Waals surface area contributed by atoms with Crippen LogP contribution in [0.3, 0.4) is 0 Å². The molecule has 2 nitrogen and oxygen atoms in total. The third kappa shape index (κ3) is 3.65. The Morgan fingerprint density at radius 3 is 2.16 bits per heavy atom. The molecule has 1 unspecified atom stereocenters. The Morgan fingerprint density at radius 1 is 1.16 bits per heavy atom. The van der Waals surface area contributed by atoms with Gasteiger partial charge in [0, 0.05) is 6.54 Å². The van der Waals surface area contributed by atoms with Gasteiger partial charge in [-0.1, -0.05) is 37.3 Å². The number of benzene rings is 1. The van der Waals surface area contributed by atoms with Crippen molar-refractivity contribution in [2.24, 2.45) is 0 Å². The molecule has 106 valence electrons. The summed E-state index contributed by atoms with van der Waals surface area (Å²) in [7, 11) is 0. The minimum atomic E-state index is -5.88. The van der Waals surface area contributed by atoms with E-state index in [0.29, 0.717) is 0 Å². The van der Waals surface area contributed by atoms with E-state index in [1.807, 2.05) is 0 Å². The van der Waals surface area contributed by atoms with E-state index in [4.69, 9.17) is 0 Å². The monoisotopic (exact) mass is 281 g/mol. The van der Waals surface area contributed by atoms with E-state index in [1.165, 1.54) is 0 Å². The molecule has 1 amide bonds. The highest BCUT2D eigenvalue weighted by molar-refractivity contribution is 5.84. The summed E-state index contributed by atoms with van der Waals surface area (Å²) in [4.78, 5) is 10.9. The van der Waals surface area contributed by atoms with Gasteiger partial charge < -0.3 is 5.32 Å². The van der Waals surface area contributed by atoms with Crippen molar-refractivity contribution in [1.29, 1.82) is 0 Å². The van der Waals surface area contributed by atoms with Gasteiger partial charge in [-0.2, -0.15) is 22.0 Å². The first-order chi connectivity index (χ1) is 8.66. The van der Waals surface area contributed by atoms with Gasteiger partial charge >= 0.3 is 12.1 Å². The molecule has 0 spiro atoms. The molecule has 0 heterocycles. The van der Waals surface area contributed by atoms with Crippen molar-refractivity contribution >= 4 is 5.91 Å². The SMILES string of the molecule is CC(CNC(=O)C(F)(F)C(F)(F)F)c1ccccc1. The topological polar surface area (TPSA) is 29.1 Å². The third-order valence-electron chi connectivity index (χ3n) is 2.58. The lowest BCUT2D eigenvalue weighted by atomic mass is 10.0. The van der Waals surface area contributed by atoms with Crippen molar-refractivity contribution in [3.63, 3.8) is 0 Å². The largest absolute Gasteiger partial charge is 0.463 e. The van der Waals surface area contributed by atoms with Gasteiger partial charge in [-0.3, -0.25) is 4.79 Å². The number of amides is 1. The van der Waals surface area contributed by atoms with E-state index >= 15 is 0 Å². The van der Waals surface area contributed by atoms with Crippen LogP contribution in [0.5, 0.6) is 0 Å². The maximum Gasteiger partial charge on any atom is 0.463 e. The van der Waals surface area contributed by atoms with Gasteiger partial charge in [0.2, 0.25) is 0 Å². The maximum atomic E-state index is 12.6. The lowest BCUT2D eigenvalue weighted by Gasteiger charge is -2.20. The highest BCUT2D eigenvalue weighted by Gasteiger charge is 2.63. The summed E-state index contributed by atoms with van der Waals surface area (Å²) in [6.45, 7) is 1.32. The van der Waals surface area contributed by atoms with Crippen molar-refractivity contribution in [3.8, 4) is 0 Å². The number of halogens is 5. The summed E-state index contributed by atoms with van der Waals surface area (Å²) < 4.78 is 61.0. The van der Waals surface area contributed by atoms with E-state index in [0.717, 1.165) is 5.56 Å². The number of nitrogens with one attached hydrogen (secondary N) is 1. The molecule has 0 radical (unpaired) electrons. The van der Waals surface area contributed by atoms with Gasteiger partial charge in [-0.05, 0) is 11.5 Å². The van der Waals surface area contributed by atoms with Crippen LogP contribution >= 0.6 is 0 Å². The highest BCUT2D eigenvalue weighted by atomic mass is 19.4. The summed E-state index contributed by atoms with van der Waals surface area (Å²) in [6.07, 6.45) is -5.88. The molecule has 1 rings (SSSR count). The number of hydrogen-bond donors (Lipinski definition) is 1. The smallest absolute Gasteiger partial charge is 0.350 e. The minimum absolute atomic E-state index is 0.297. The molecule has 0 aromatic heterocycles. The molecule has 0 saturated heterocycles. The predicted octanol–water partition coefficient (Wildman–Crippen LogP) is 3.10. The maximum absolute atomic E-state index is 12.6. The lowest BCUT2D eigenvalue weighted by molar-refractivity contribution is -0.269. The summed E-state index contributed by atoms with van der Waals surface area (Å²) in [5.74, 6) is -8.07. The third-order valence-corrected chi connectivity index (χ3v) is 2.58. The first kappa shape index (κ1) is 15.4. The Kier molecular flexibility index (Phi) is 4.49. The van der Waals surface area contributed by atoms with Gasteiger partial charge in [0.05, 0.1) is 0 Å². The number of carbonyl (C=O) groups is 1. The fraction of sp³-hybridized carbons (Fsp3) is 0.417. The molecule has 19 heavy (non-hydrogen) atoms. The van der Waals surface area contributed by atoms with Crippen LogP contribution in [0.2, 0.25) is 0 Å². The zero-order chi connectivity index (χ0) is 14.7. The van der Waals surface area contributed by atoms with Crippen molar-refractivity contribution in [2.45, 2.75) is 24.9 Å². The Labute approximate surface area is 106 Å². The summed E-state index contributed by atoms with van der Waals surface area (Å²) in [5, 5.41) is 1.62. The molecule has 0 aliphatic rings. The molecule has 0 bridgehead atoms. The van der Waals surface area contributed by atoms with E-state index in [2.05, 4.69) is 0 Å². The summed E-state index contributed by atoms with van der Waals surface area (Å²) in [5.41, 5.74) is 0.734. The van der Waals surface area contributed by atoms with E-state index in [9.17, 15) is 26.7 Å². The highest BCUT2D eigenvalue weighted by Crippen LogP contribution is 2.35. The van der Waals surface area contributed by atoms with Crippen molar-refractivity contribution < 1.29 is 26.7 Å². The number of rotatable bonds is 4. The van der Waals surface area contributed by atoms with Crippen LogP contribution in [-0.2, 0) is 4.79 Å². The van der Waals surface area contributed by atoms with E-state index in [1.54, 1.807) is 42.6 Å². The second kappa shape index (κ2) is 5.54. The van der Waals surface area contributed by atoms with E-state index < -0.39 is 18.0 Å². The fourth-order valence-electron chi connectivity index (χ4n) is 1.38. The Morgan fingerprint density at radius 2 is 1.68 bits per heavy atom. The van der Waals surface area contributed by atoms with Crippen molar-refractivity contribution in [3.05, 3.63) is 35.9 Å². The van der Waals surface area contributed by atoms with Gasteiger partial charge in [0.25, 0.3) is 5.91 Å². The van der Waals surface area contributed by atoms with Crippen LogP contribution in [0.25, 0.3) is 0 Å². The zero-order valence-electron chi connectivity index (χ0n) is 9.97. The van der Waals surface area contributed by atoms with Crippen molar-refractivity contribution in [2.75, 3.05) is 6.54 Å². The Balaban J connectivity index is 2.61. The van der Waals surface area contributed by atoms with Gasteiger partial charge in [0.15, 0.2) is 0 Å². The second-order valence-corrected chi connectivity index (χ2v) is 4.09. The van der Waals surface area contributed by atoms with E-state index in [-0.39, 0.29) is 12.5 Å². The molecular formula is C12H12F5NO. The quantitative estimate of drug-likeness (QED) is 0.844.